The van der Waals surface area contributed by atoms with Crippen LogP contribution in [0.4, 0.5) is 5.69 Å². The molecule has 4 heteroatoms. The quantitative estimate of drug-likeness (QED) is 0.688. The molecule has 6 rings (SSSR count). The van der Waals surface area contributed by atoms with E-state index in [1.807, 2.05) is 12.1 Å². The van der Waals surface area contributed by atoms with Gasteiger partial charge in [-0.05, 0) is 61.1 Å². The summed E-state index contributed by atoms with van der Waals surface area (Å²) in [5.74, 6) is 1.78. The first-order chi connectivity index (χ1) is 11.6. The summed E-state index contributed by atoms with van der Waals surface area (Å²) < 4.78 is 0. The number of anilines is 1. The molecule has 1 heterocycles. The van der Waals surface area contributed by atoms with Gasteiger partial charge in [-0.25, -0.2) is 0 Å². The fraction of sp³-hybridized carbons (Fsp3) is 0.500. The van der Waals surface area contributed by atoms with E-state index in [4.69, 9.17) is 0 Å². The van der Waals surface area contributed by atoms with Crippen LogP contribution in [0, 0.1) is 49.4 Å². The van der Waals surface area contributed by atoms with Crippen molar-refractivity contribution in [2.45, 2.75) is 20.3 Å². The molecule has 4 aliphatic carbocycles. The van der Waals surface area contributed by atoms with Gasteiger partial charge in [0.25, 0.3) is 0 Å². The normalized spacial score (nSPS) is 38.3. The van der Waals surface area contributed by atoms with Gasteiger partial charge in [0, 0.05) is 5.69 Å². The summed E-state index contributed by atoms with van der Waals surface area (Å²) in [6.07, 6.45) is 5.64. The Morgan fingerprint density at radius 3 is 2.29 bits per heavy atom. The first-order valence-corrected chi connectivity index (χ1v) is 8.91. The minimum atomic E-state index is -0.100. The number of hydrogen-bond acceptors (Lipinski definition) is 3. The van der Waals surface area contributed by atoms with Gasteiger partial charge in [0.15, 0.2) is 0 Å². The molecule has 0 spiro atoms. The van der Waals surface area contributed by atoms with Crippen LogP contribution < -0.4 is 5.32 Å². The minimum Gasteiger partial charge on any atom is -0.367 e. The highest BCUT2D eigenvalue weighted by Gasteiger charge is 2.66. The molecule has 4 nitrogen and oxygen atoms in total. The molecule has 1 aromatic rings. The SMILES string of the molecule is Cc1cccc(NCN2C(=O)[C@H]3[C@@H]4C=C[C@@H]([C@H]5C[C@H]45)[C@@H]3C2=O)c1C. The molecule has 1 aromatic carbocycles. The van der Waals surface area contributed by atoms with Crippen molar-refractivity contribution in [1.29, 1.82) is 0 Å². The number of amides is 2. The Kier molecular flexibility index (Phi) is 2.80. The summed E-state index contributed by atoms with van der Waals surface area (Å²) >= 11 is 0. The highest BCUT2D eigenvalue weighted by atomic mass is 16.2. The van der Waals surface area contributed by atoms with Crippen molar-refractivity contribution in [3.05, 3.63) is 41.5 Å². The number of imide groups is 1. The number of benzene rings is 1. The molecule has 2 bridgehead atoms. The van der Waals surface area contributed by atoms with Crippen LogP contribution in [0.15, 0.2) is 30.4 Å². The van der Waals surface area contributed by atoms with E-state index in [9.17, 15) is 9.59 Å². The van der Waals surface area contributed by atoms with Crippen LogP contribution in [0.2, 0.25) is 0 Å². The summed E-state index contributed by atoms with van der Waals surface area (Å²) in [4.78, 5) is 27.3. The van der Waals surface area contributed by atoms with E-state index in [0.29, 0.717) is 23.7 Å². The summed E-state index contributed by atoms with van der Waals surface area (Å²) in [5.41, 5.74) is 3.36. The molecule has 6 atom stereocenters. The van der Waals surface area contributed by atoms with Crippen LogP contribution in [0.1, 0.15) is 17.5 Å². The average molecular weight is 322 g/mol. The van der Waals surface area contributed by atoms with E-state index >= 15 is 0 Å². The molecular weight excluding hydrogens is 300 g/mol. The van der Waals surface area contributed by atoms with Gasteiger partial charge in [0.05, 0.1) is 18.5 Å². The fourth-order valence-corrected chi connectivity index (χ4v) is 5.28. The van der Waals surface area contributed by atoms with Gasteiger partial charge in [-0.2, -0.15) is 0 Å². The molecule has 5 aliphatic rings. The maximum atomic E-state index is 12.9. The van der Waals surface area contributed by atoms with Crippen LogP contribution in [0.3, 0.4) is 0 Å². The zero-order chi connectivity index (χ0) is 16.6. The van der Waals surface area contributed by atoms with Crippen LogP contribution >= 0.6 is 0 Å². The molecule has 1 aliphatic heterocycles. The number of nitrogens with zero attached hydrogens (tertiary/aromatic N) is 1. The van der Waals surface area contributed by atoms with Crippen LogP contribution in [0.25, 0.3) is 0 Å². The molecule has 24 heavy (non-hydrogen) atoms. The van der Waals surface area contributed by atoms with Gasteiger partial charge in [-0.15, -0.1) is 0 Å². The predicted molar refractivity (Wildman–Crippen MR) is 91.0 cm³/mol. The highest BCUT2D eigenvalue weighted by Crippen LogP contribution is 2.65. The van der Waals surface area contributed by atoms with E-state index in [1.54, 1.807) is 0 Å². The number of carbonyl (C=O) groups excluding carboxylic acids is 2. The molecule has 1 saturated heterocycles. The topological polar surface area (TPSA) is 49.4 Å². The first-order valence-electron chi connectivity index (χ1n) is 8.91. The van der Waals surface area contributed by atoms with E-state index < -0.39 is 0 Å². The van der Waals surface area contributed by atoms with Crippen molar-refractivity contribution in [3.8, 4) is 0 Å². The number of aryl methyl sites for hydroxylation is 1. The van der Waals surface area contributed by atoms with Crippen molar-refractivity contribution in [1.82, 2.24) is 4.90 Å². The molecule has 1 N–H and O–H groups in total. The lowest BCUT2D eigenvalue weighted by molar-refractivity contribution is -0.139. The second-order valence-electron chi connectivity index (χ2n) is 7.84. The number of hydrogen-bond donors (Lipinski definition) is 1. The summed E-state index contributed by atoms with van der Waals surface area (Å²) in [7, 11) is 0. The summed E-state index contributed by atoms with van der Waals surface area (Å²) in [6, 6.07) is 6.06. The second kappa shape index (κ2) is 4.71. The van der Waals surface area contributed by atoms with Crippen molar-refractivity contribution in [2.24, 2.45) is 35.5 Å². The molecular formula is C20H22N2O2. The average Bonchev–Trinajstić information content (AvgIpc) is 3.35. The first kappa shape index (κ1) is 14.3. The standard InChI is InChI=1S/C20H22N2O2/c1-10-4-3-5-16(11(10)2)21-9-22-19(23)17-12-6-7-13(15-8-14(12)15)18(17)20(22)24/h3-7,12-15,17-18,21H,8-9H2,1-2H3/t12-,13+,14-,15-,17+,18+/m1/s1. The maximum Gasteiger partial charge on any atom is 0.235 e. The Morgan fingerprint density at radius 2 is 1.67 bits per heavy atom. The number of allylic oxidation sites excluding steroid dienone is 2. The van der Waals surface area contributed by atoms with E-state index in [2.05, 4.69) is 37.4 Å². The number of likely N-dealkylation sites (tertiary alicyclic amines) is 1. The highest BCUT2D eigenvalue weighted by molar-refractivity contribution is 6.06. The Hall–Kier alpha value is -2.10. The molecule has 0 unspecified atom stereocenters. The summed E-state index contributed by atoms with van der Waals surface area (Å²) in [5, 5.41) is 3.30. The zero-order valence-electron chi connectivity index (χ0n) is 14.0. The van der Waals surface area contributed by atoms with Crippen molar-refractivity contribution < 1.29 is 9.59 Å². The lowest BCUT2D eigenvalue weighted by Gasteiger charge is -2.37. The van der Waals surface area contributed by atoms with Crippen molar-refractivity contribution in [3.63, 3.8) is 0 Å². The van der Waals surface area contributed by atoms with Crippen LogP contribution in [-0.2, 0) is 9.59 Å². The minimum absolute atomic E-state index is 0.0347. The van der Waals surface area contributed by atoms with Crippen molar-refractivity contribution >= 4 is 17.5 Å². The molecule has 2 saturated carbocycles. The lowest BCUT2D eigenvalue weighted by atomic mass is 9.63. The van der Waals surface area contributed by atoms with Gasteiger partial charge in [0.2, 0.25) is 11.8 Å². The third-order valence-electron chi connectivity index (χ3n) is 6.79. The molecule has 2 amide bonds. The smallest absolute Gasteiger partial charge is 0.235 e. The third kappa shape index (κ3) is 1.74. The van der Waals surface area contributed by atoms with Crippen LogP contribution in [-0.4, -0.2) is 23.4 Å². The maximum absolute atomic E-state index is 12.9. The largest absolute Gasteiger partial charge is 0.367 e. The third-order valence-corrected chi connectivity index (χ3v) is 6.79. The number of carbonyl (C=O) groups is 2. The van der Waals surface area contributed by atoms with E-state index in [1.165, 1.54) is 16.9 Å². The van der Waals surface area contributed by atoms with Gasteiger partial charge in [-0.3, -0.25) is 14.5 Å². The van der Waals surface area contributed by atoms with Crippen molar-refractivity contribution in [2.75, 3.05) is 12.0 Å². The molecule has 0 aromatic heterocycles. The van der Waals surface area contributed by atoms with E-state index in [0.717, 1.165) is 11.3 Å². The number of rotatable bonds is 3. The molecule has 3 fully saturated rings. The zero-order valence-corrected chi connectivity index (χ0v) is 14.0. The molecule has 0 radical (unpaired) electrons. The Morgan fingerprint density at radius 1 is 1.04 bits per heavy atom. The Labute approximate surface area is 141 Å². The monoisotopic (exact) mass is 322 g/mol. The lowest BCUT2D eigenvalue weighted by Crippen LogP contribution is -2.40. The Balaban J connectivity index is 1.38. The van der Waals surface area contributed by atoms with Gasteiger partial charge >= 0.3 is 0 Å². The Bertz CT molecular complexity index is 748. The van der Waals surface area contributed by atoms with E-state index in [-0.39, 0.29) is 30.3 Å². The van der Waals surface area contributed by atoms with Crippen LogP contribution in [0.5, 0.6) is 0 Å². The van der Waals surface area contributed by atoms with Gasteiger partial charge in [0.1, 0.15) is 0 Å². The molecule has 124 valence electrons. The number of nitrogens with one attached hydrogen (secondary N) is 1. The fourth-order valence-electron chi connectivity index (χ4n) is 5.28. The van der Waals surface area contributed by atoms with Gasteiger partial charge < -0.3 is 5.32 Å². The second-order valence-corrected chi connectivity index (χ2v) is 7.84. The predicted octanol–water partition coefficient (Wildman–Crippen LogP) is 2.73. The summed E-state index contributed by atoms with van der Waals surface area (Å²) in [6.45, 7) is 4.41. The van der Waals surface area contributed by atoms with Gasteiger partial charge in [-0.1, -0.05) is 24.3 Å².